The number of rotatable bonds is 5. The molecule has 3 N–H and O–H groups in total. The molecule has 1 aromatic carbocycles. The maximum Gasteiger partial charge on any atom is 0.343 e. The smallest absolute Gasteiger partial charge is 0.343 e. The molecule has 1 heterocycles. The van der Waals surface area contributed by atoms with E-state index in [1.807, 2.05) is 20.8 Å². The Morgan fingerprint density at radius 1 is 1.52 bits per heavy atom. The highest BCUT2D eigenvalue weighted by atomic mass is 32.2. The molecular formula is C13H17FN4O2S. The Labute approximate surface area is 125 Å². The number of halogens is 1. The number of hydrogen-bond donors (Lipinski definition) is 2. The fourth-order valence-electron chi connectivity index (χ4n) is 1.74. The van der Waals surface area contributed by atoms with Gasteiger partial charge in [-0.2, -0.15) is 0 Å². The number of hydrogen-bond acceptors (Lipinski definition) is 5. The van der Waals surface area contributed by atoms with Crippen molar-refractivity contribution >= 4 is 17.4 Å². The largest absolute Gasteiger partial charge is 0.488 e. The lowest BCUT2D eigenvalue weighted by atomic mass is 10.3. The molecule has 2 aromatic rings. The summed E-state index contributed by atoms with van der Waals surface area (Å²) in [6.45, 7) is 5.94. The molecule has 0 atom stereocenters. The minimum absolute atomic E-state index is 0.127. The van der Waals surface area contributed by atoms with Crippen molar-refractivity contribution in [3.05, 3.63) is 28.4 Å². The van der Waals surface area contributed by atoms with Gasteiger partial charge in [-0.1, -0.05) is 0 Å². The summed E-state index contributed by atoms with van der Waals surface area (Å²) in [5.74, 6) is -0.386. The minimum Gasteiger partial charge on any atom is -0.488 e. The van der Waals surface area contributed by atoms with Crippen LogP contribution in [0.3, 0.4) is 0 Å². The quantitative estimate of drug-likeness (QED) is 0.827. The number of benzene rings is 1. The number of nitrogen functional groups attached to an aromatic ring is 1. The average Bonchev–Trinajstić information content (AvgIpc) is 2.75. The second kappa shape index (κ2) is 6.21. The van der Waals surface area contributed by atoms with Crippen LogP contribution in [0.5, 0.6) is 5.75 Å². The van der Waals surface area contributed by atoms with Gasteiger partial charge in [0.1, 0.15) is 0 Å². The third-order valence-corrected chi connectivity index (χ3v) is 3.74. The highest BCUT2D eigenvalue weighted by Crippen LogP contribution is 2.35. The van der Waals surface area contributed by atoms with Gasteiger partial charge in [0.15, 0.2) is 16.7 Å². The van der Waals surface area contributed by atoms with E-state index in [2.05, 4.69) is 10.2 Å². The van der Waals surface area contributed by atoms with E-state index in [0.717, 1.165) is 0 Å². The Balaban J connectivity index is 2.37. The molecule has 0 saturated heterocycles. The van der Waals surface area contributed by atoms with E-state index in [4.69, 9.17) is 10.5 Å². The first-order valence-corrected chi connectivity index (χ1v) is 7.32. The van der Waals surface area contributed by atoms with Gasteiger partial charge in [0.25, 0.3) is 0 Å². The lowest BCUT2D eigenvalue weighted by molar-refractivity contribution is 0.230. The molecule has 2 rings (SSSR count). The molecule has 8 heteroatoms. The van der Waals surface area contributed by atoms with Crippen LogP contribution in [-0.2, 0) is 6.54 Å². The number of anilines is 1. The Morgan fingerprint density at radius 2 is 2.24 bits per heavy atom. The number of nitrogens with two attached hydrogens (primary N) is 1. The van der Waals surface area contributed by atoms with Crippen LogP contribution in [-0.4, -0.2) is 20.9 Å². The van der Waals surface area contributed by atoms with Crippen molar-refractivity contribution in [2.24, 2.45) is 0 Å². The third-order valence-electron chi connectivity index (χ3n) is 2.67. The molecule has 0 spiro atoms. The Morgan fingerprint density at radius 3 is 2.86 bits per heavy atom. The van der Waals surface area contributed by atoms with E-state index in [1.165, 1.54) is 28.5 Å². The Kier molecular flexibility index (Phi) is 4.56. The predicted molar refractivity (Wildman–Crippen MR) is 79.2 cm³/mol. The predicted octanol–water partition coefficient (Wildman–Crippen LogP) is 2.25. The SMILES string of the molecule is CCn1c(Sc2cc(OC(C)C)c(F)cc2N)n[nH]c1=O. The molecule has 0 bridgehead atoms. The van der Waals surface area contributed by atoms with Crippen LogP contribution in [0.1, 0.15) is 20.8 Å². The highest BCUT2D eigenvalue weighted by Gasteiger charge is 2.15. The van der Waals surface area contributed by atoms with Crippen molar-refractivity contribution in [3.63, 3.8) is 0 Å². The zero-order valence-electron chi connectivity index (χ0n) is 12.0. The van der Waals surface area contributed by atoms with Gasteiger partial charge in [-0.15, -0.1) is 5.10 Å². The average molecular weight is 312 g/mol. The molecule has 6 nitrogen and oxygen atoms in total. The zero-order chi connectivity index (χ0) is 15.6. The second-order valence-electron chi connectivity index (χ2n) is 4.64. The maximum absolute atomic E-state index is 13.8. The molecule has 0 amide bonds. The van der Waals surface area contributed by atoms with Crippen molar-refractivity contribution in [1.82, 2.24) is 14.8 Å². The van der Waals surface area contributed by atoms with Crippen molar-refractivity contribution in [1.29, 1.82) is 0 Å². The van der Waals surface area contributed by atoms with E-state index in [-0.39, 0.29) is 23.2 Å². The van der Waals surface area contributed by atoms with Gasteiger partial charge in [0.05, 0.1) is 6.10 Å². The molecular weight excluding hydrogens is 295 g/mol. The van der Waals surface area contributed by atoms with Crippen molar-refractivity contribution in [2.75, 3.05) is 5.73 Å². The summed E-state index contributed by atoms with van der Waals surface area (Å²) in [6.07, 6.45) is -0.153. The van der Waals surface area contributed by atoms with Crippen LogP contribution in [0, 0.1) is 5.82 Å². The molecule has 0 unspecified atom stereocenters. The number of aromatic amines is 1. The third kappa shape index (κ3) is 3.38. The van der Waals surface area contributed by atoms with Crippen molar-refractivity contribution < 1.29 is 9.13 Å². The first kappa shape index (κ1) is 15.4. The van der Waals surface area contributed by atoms with Gasteiger partial charge in [-0.05, 0) is 38.6 Å². The summed E-state index contributed by atoms with van der Waals surface area (Å²) in [7, 11) is 0. The first-order valence-electron chi connectivity index (χ1n) is 6.51. The number of H-pyrrole nitrogens is 1. The molecule has 0 fully saturated rings. The van der Waals surface area contributed by atoms with E-state index < -0.39 is 5.82 Å². The van der Waals surface area contributed by atoms with E-state index in [9.17, 15) is 9.18 Å². The minimum atomic E-state index is -0.513. The molecule has 114 valence electrons. The van der Waals surface area contributed by atoms with Gasteiger partial charge in [-0.25, -0.2) is 14.3 Å². The van der Waals surface area contributed by atoms with E-state index >= 15 is 0 Å². The number of nitrogens with one attached hydrogen (secondary N) is 1. The molecule has 0 radical (unpaired) electrons. The zero-order valence-corrected chi connectivity index (χ0v) is 12.8. The topological polar surface area (TPSA) is 85.9 Å². The van der Waals surface area contributed by atoms with E-state index in [1.54, 1.807) is 0 Å². The van der Waals surface area contributed by atoms with Crippen LogP contribution < -0.4 is 16.2 Å². The van der Waals surface area contributed by atoms with Crippen LogP contribution in [0.15, 0.2) is 27.0 Å². The van der Waals surface area contributed by atoms with Gasteiger partial charge in [0.2, 0.25) is 0 Å². The van der Waals surface area contributed by atoms with Crippen LogP contribution in [0.25, 0.3) is 0 Å². The number of ether oxygens (including phenoxy) is 1. The summed E-state index contributed by atoms with van der Waals surface area (Å²) in [6, 6.07) is 2.73. The number of aromatic nitrogens is 3. The van der Waals surface area contributed by atoms with Gasteiger partial charge in [0, 0.05) is 23.2 Å². The fraction of sp³-hybridized carbons (Fsp3) is 0.385. The Hall–Kier alpha value is -1.96. The van der Waals surface area contributed by atoms with Crippen molar-refractivity contribution in [3.8, 4) is 5.75 Å². The summed E-state index contributed by atoms with van der Waals surface area (Å²) >= 11 is 1.19. The highest BCUT2D eigenvalue weighted by molar-refractivity contribution is 7.99. The normalized spacial score (nSPS) is 11.1. The fourth-order valence-corrected chi connectivity index (χ4v) is 2.69. The standard InChI is InChI=1S/C13H17FN4O2S/c1-4-18-12(19)16-17-13(18)21-11-6-10(20-7(2)3)8(14)5-9(11)15/h5-7H,4,15H2,1-3H3,(H,16,19). The van der Waals surface area contributed by atoms with Crippen LogP contribution in [0.4, 0.5) is 10.1 Å². The van der Waals surface area contributed by atoms with E-state index in [0.29, 0.717) is 16.6 Å². The second-order valence-corrected chi connectivity index (χ2v) is 5.65. The van der Waals surface area contributed by atoms with Gasteiger partial charge >= 0.3 is 5.69 Å². The van der Waals surface area contributed by atoms with Crippen molar-refractivity contribution in [2.45, 2.75) is 43.5 Å². The summed E-state index contributed by atoms with van der Waals surface area (Å²) in [5.41, 5.74) is 5.80. The molecule has 1 aromatic heterocycles. The van der Waals surface area contributed by atoms with Gasteiger partial charge < -0.3 is 10.5 Å². The number of nitrogens with zero attached hydrogens (tertiary/aromatic N) is 2. The summed E-state index contributed by atoms with van der Waals surface area (Å²) in [5, 5.41) is 6.78. The molecule has 0 aliphatic heterocycles. The molecule has 0 aliphatic rings. The molecule has 21 heavy (non-hydrogen) atoms. The molecule has 0 saturated carbocycles. The lowest BCUT2D eigenvalue weighted by Crippen LogP contribution is -2.16. The lowest BCUT2D eigenvalue weighted by Gasteiger charge is -2.13. The van der Waals surface area contributed by atoms with Crippen LogP contribution >= 0.6 is 11.8 Å². The summed E-state index contributed by atoms with van der Waals surface area (Å²) in [4.78, 5) is 12.1. The van der Waals surface area contributed by atoms with Crippen LogP contribution in [0.2, 0.25) is 0 Å². The first-order chi connectivity index (χ1) is 9.92. The van der Waals surface area contributed by atoms with Gasteiger partial charge in [-0.3, -0.25) is 4.57 Å². The molecule has 0 aliphatic carbocycles. The maximum atomic E-state index is 13.8. The Bertz CT molecular complexity index is 696. The monoisotopic (exact) mass is 312 g/mol. The summed E-state index contributed by atoms with van der Waals surface area (Å²) < 4.78 is 20.7.